The summed E-state index contributed by atoms with van der Waals surface area (Å²) in [6, 6.07) is 3.71. The lowest BCUT2D eigenvalue weighted by Crippen LogP contribution is -2.51. The van der Waals surface area contributed by atoms with Gasteiger partial charge in [-0.3, -0.25) is 0 Å². The molecule has 2 rings (SSSR count). The third-order valence-corrected chi connectivity index (χ3v) is 5.35. The number of benzene rings is 1. The number of halogens is 3. The van der Waals surface area contributed by atoms with Crippen molar-refractivity contribution in [2.24, 2.45) is 5.73 Å². The number of sulfonamides is 1. The molecule has 0 amide bonds. The van der Waals surface area contributed by atoms with Crippen LogP contribution in [0.1, 0.15) is 31.2 Å². The molecule has 118 valence electrons. The molecule has 1 aliphatic carbocycles. The largest absolute Gasteiger partial charge is 0.416 e. The van der Waals surface area contributed by atoms with Gasteiger partial charge in [0.1, 0.15) is 0 Å². The molecule has 1 aromatic rings. The smallest absolute Gasteiger partial charge is 0.329 e. The van der Waals surface area contributed by atoms with Crippen LogP contribution >= 0.6 is 0 Å². The van der Waals surface area contributed by atoms with E-state index in [0.717, 1.165) is 31.0 Å². The fraction of sp³-hybridized carbons (Fsp3) is 0.538. The Kier molecular flexibility index (Phi) is 4.32. The van der Waals surface area contributed by atoms with Gasteiger partial charge in [0, 0.05) is 12.1 Å². The van der Waals surface area contributed by atoms with Crippen molar-refractivity contribution in [1.82, 2.24) is 4.72 Å². The average Bonchev–Trinajstić information content (AvgIpc) is 2.86. The maximum absolute atomic E-state index is 12.7. The Morgan fingerprint density at radius 2 is 1.86 bits per heavy atom. The normalized spacial score (nSPS) is 18.9. The molecular weight excluding hydrogens is 305 g/mol. The van der Waals surface area contributed by atoms with Gasteiger partial charge in [-0.25, -0.2) is 13.1 Å². The number of hydrogen-bond acceptors (Lipinski definition) is 3. The van der Waals surface area contributed by atoms with E-state index in [1.54, 1.807) is 0 Å². The number of rotatable bonds is 4. The highest BCUT2D eigenvalue weighted by molar-refractivity contribution is 7.89. The van der Waals surface area contributed by atoms with Gasteiger partial charge in [-0.15, -0.1) is 0 Å². The zero-order valence-electron chi connectivity index (χ0n) is 11.3. The van der Waals surface area contributed by atoms with Crippen LogP contribution in [0, 0.1) is 0 Å². The summed E-state index contributed by atoms with van der Waals surface area (Å²) in [5.74, 6) is 0. The molecule has 0 unspecified atom stereocenters. The summed E-state index contributed by atoms with van der Waals surface area (Å²) in [5, 5.41) is 0. The second kappa shape index (κ2) is 5.58. The van der Waals surface area contributed by atoms with E-state index < -0.39 is 32.2 Å². The molecule has 0 spiro atoms. The van der Waals surface area contributed by atoms with Crippen LogP contribution in [0.4, 0.5) is 13.2 Å². The molecule has 4 nitrogen and oxygen atoms in total. The third-order valence-electron chi connectivity index (χ3n) is 3.77. The van der Waals surface area contributed by atoms with Crippen molar-refractivity contribution in [1.29, 1.82) is 0 Å². The van der Waals surface area contributed by atoms with Crippen LogP contribution in [-0.4, -0.2) is 20.5 Å². The highest BCUT2D eigenvalue weighted by Crippen LogP contribution is 2.33. The molecule has 0 atom stereocenters. The zero-order chi connectivity index (χ0) is 15.7. The molecule has 0 radical (unpaired) electrons. The minimum atomic E-state index is -4.58. The Hall–Kier alpha value is -1.12. The Morgan fingerprint density at radius 1 is 1.24 bits per heavy atom. The topological polar surface area (TPSA) is 72.2 Å². The van der Waals surface area contributed by atoms with Gasteiger partial charge in [-0.05, 0) is 31.0 Å². The third kappa shape index (κ3) is 3.56. The second-order valence-electron chi connectivity index (χ2n) is 5.32. The Morgan fingerprint density at radius 3 is 2.38 bits per heavy atom. The fourth-order valence-corrected chi connectivity index (χ4v) is 4.10. The molecule has 0 aliphatic heterocycles. The van der Waals surface area contributed by atoms with Crippen molar-refractivity contribution in [3.63, 3.8) is 0 Å². The van der Waals surface area contributed by atoms with Gasteiger partial charge < -0.3 is 5.73 Å². The van der Waals surface area contributed by atoms with Crippen molar-refractivity contribution in [2.75, 3.05) is 6.54 Å². The minimum absolute atomic E-state index is 0.130. The van der Waals surface area contributed by atoms with E-state index in [1.165, 1.54) is 0 Å². The number of alkyl halides is 3. The highest BCUT2D eigenvalue weighted by atomic mass is 32.2. The number of nitrogens with two attached hydrogens (primary N) is 1. The summed E-state index contributed by atoms with van der Waals surface area (Å²) >= 11 is 0. The van der Waals surface area contributed by atoms with E-state index in [9.17, 15) is 21.6 Å². The van der Waals surface area contributed by atoms with Crippen molar-refractivity contribution in [3.05, 3.63) is 29.8 Å². The molecule has 1 fully saturated rings. The van der Waals surface area contributed by atoms with Gasteiger partial charge in [-0.1, -0.05) is 18.9 Å². The van der Waals surface area contributed by atoms with Crippen LogP contribution in [0.5, 0.6) is 0 Å². The van der Waals surface area contributed by atoms with E-state index in [0.29, 0.717) is 18.9 Å². The van der Waals surface area contributed by atoms with Crippen LogP contribution in [0.3, 0.4) is 0 Å². The maximum atomic E-state index is 12.7. The lowest BCUT2D eigenvalue weighted by atomic mass is 10.0. The van der Waals surface area contributed by atoms with Crippen LogP contribution in [0.2, 0.25) is 0 Å². The molecule has 0 bridgehead atoms. The minimum Gasteiger partial charge on any atom is -0.329 e. The van der Waals surface area contributed by atoms with E-state index in [2.05, 4.69) is 4.72 Å². The van der Waals surface area contributed by atoms with E-state index in [4.69, 9.17) is 5.73 Å². The summed E-state index contributed by atoms with van der Waals surface area (Å²) in [6.45, 7) is 0.130. The quantitative estimate of drug-likeness (QED) is 0.893. The molecule has 1 aliphatic rings. The van der Waals surface area contributed by atoms with Crippen LogP contribution < -0.4 is 10.5 Å². The van der Waals surface area contributed by atoms with Crippen molar-refractivity contribution in [3.8, 4) is 0 Å². The predicted molar refractivity (Wildman–Crippen MR) is 72.0 cm³/mol. The Labute approximate surface area is 121 Å². The molecule has 1 aromatic carbocycles. The summed E-state index contributed by atoms with van der Waals surface area (Å²) in [4.78, 5) is -0.392. The molecule has 0 aromatic heterocycles. The first-order valence-corrected chi connectivity index (χ1v) is 8.08. The van der Waals surface area contributed by atoms with Crippen molar-refractivity contribution in [2.45, 2.75) is 42.3 Å². The molecule has 0 saturated heterocycles. The van der Waals surface area contributed by atoms with Gasteiger partial charge in [0.05, 0.1) is 10.5 Å². The molecule has 3 N–H and O–H groups in total. The number of nitrogens with one attached hydrogen (secondary N) is 1. The fourth-order valence-electron chi connectivity index (χ4n) is 2.58. The highest BCUT2D eigenvalue weighted by Gasteiger charge is 2.37. The summed E-state index contributed by atoms with van der Waals surface area (Å²) in [5.41, 5.74) is 3.92. The Balaban J connectivity index is 2.32. The van der Waals surface area contributed by atoms with Crippen LogP contribution in [0.15, 0.2) is 29.2 Å². The number of hydrogen-bond donors (Lipinski definition) is 2. The molecule has 21 heavy (non-hydrogen) atoms. The van der Waals surface area contributed by atoms with Gasteiger partial charge >= 0.3 is 6.18 Å². The maximum Gasteiger partial charge on any atom is 0.416 e. The van der Waals surface area contributed by atoms with E-state index in [1.807, 2.05) is 0 Å². The van der Waals surface area contributed by atoms with Gasteiger partial charge in [-0.2, -0.15) is 13.2 Å². The second-order valence-corrected chi connectivity index (χ2v) is 7.01. The molecule has 0 heterocycles. The summed E-state index contributed by atoms with van der Waals surface area (Å²) in [7, 11) is -4.03. The predicted octanol–water partition coefficient (Wildman–Crippen LogP) is 2.26. The van der Waals surface area contributed by atoms with Gasteiger partial charge in [0.25, 0.3) is 0 Å². The summed E-state index contributed by atoms with van der Waals surface area (Å²) < 4.78 is 65.1. The van der Waals surface area contributed by atoms with Crippen LogP contribution in [0.25, 0.3) is 0 Å². The first-order chi connectivity index (χ1) is 9.69. The standard InChI is InChI=1S/C13H17F3N2O2S/c14-13(15,16)10-4-3-5-11(8-10)21(19,20)18-12(9-17)6-1-2-7-12/h3-5,8,18H,1-2,6-7,9,17H2. The van der Waals surface area contributed by atoms with E-state index >= 15 is 0 Å². The Bertz CT molecular complexity index is 608. The van der Waals surface area contributed by atoms with E-state index in [-0.39, 0.29) is 6.54 Å². The van der Waals surface area contributed by atoms with Crippen molar-refractivity contribution >= 4 is 10.0 Å². The van der Waals surface area contributed by atoms with Crippen LogP contribution in [-0.2, 0) is 16.2 Å². The zero-order valence-corrected chi connectivity index (χ0v) is 12.1. The van der Waals surface area contributed by atoms with Gasteiger partial charge in [0.15, 0.2) is 0 Å². The summed E-state index contributed by atoms with van der Waals surface area (Å²) in [6.07, 6.45) is -1.68. The first kappa shape index (κ1) is 16.3. The SMILES string of the molecule is NCC1(NS(=O)(=O)c2cccc(C(F)(F)F)c2)CCCC1. The monoisotopic (exact) mass is 322 g/mol. The van der Waals surface area contributed by atoms with Crippen molar-refractivity contribution < 1.29 is 21.6 Å². The first-order valence-electron chi connectivity index (χ1n) is 6.60. The lowest BCUT2D eigenvalue weighted by molar-refractivity contribution is -0.137. The molecular formula is C13H17F3N2O2S. The average molecular weight is 322 g/mol. The lowest BCUT2D eigenvalue weighted by Gasteiger charge is -2.28. The molecule has 8 heteroatoms. The molecule has 1 saturated carbocycles. The van der Waals surface area contributed by atoms with Gasteiger partial charge in [0.2, 0.25) is 10.0 Å².